The summed E-state index contributed by atoms with van der Waals surface area (Å²) in [6.45, 7) is 0. The molecule has 0 saturated carbocycles. The van der Waals surface area contributed by atoms with Gasteiger partial charge >= 0.3 is 0 Å². The van der Waals surface area contributed by atoms with E-state index < -0.39 is 0 Å². The summed E-state index contributed by atoms with van der Waals surface area (Å²) in [5.74, 6) is 0.266. The molecule has 1 nitrogen and oxygen atoms in total. The summed E-state index contributed by atoms with van der Waals surface area (Å²) >= 11 is 5.76. The van der Waals surface area contributed by atoms with E-state index in [1.54, 1.807) is 18.2 Å². The van der Waals surface area contributed by atoms with E-state index in [1.165, 1.54) is 0 Å². The first-order valence-electron chi connectivity index (χ1n) is 2.92. The molecular weight excluding hydrogens is 167 g/mol. The minimum absolute atomic E-state index is 0.266. The summed E-state index contributed by atoms with van der Waals surface area (Å²) in [6.07, 6.45) is 0.686. The van der Waals surface area contributed by atoms with Crippen molar-refractivity contribution in [2.45, 2.75) is 6.16 Å². The molecule has 0 heterocycles. The Labute approximate surface area is 67.2 Å². The molecule has 1 aromatic carbocycles. The quantitative estimate of drug-likeness (QED) is 0.649. The Kier molecular flexibility index (Phi) is 2.53. The van der Waals surface area contributed by atoms with Crippen molar-refractivity contribution >= 4 is 20.8 Å². The molecule has 0 fully saturated rings. The van der Waals surface area contributed by atoms with Crippen LogP contribution in [0.5, 0.6) is 5.75 Å². The minimum Gasteiger partial charge on any atom is -0.508 e. The number of rotatable bonds is 1. The van der Waals surface area contributed by atoms with Crippen molar-refractivity contribution in [3.05, 3.63) is 28.8 Å². The second kappa shape index (κ2) is 3.23. The summed E-state index contributed by atoms with van der Waals surface area (Å²) in [7, 11) is 2.52. The number of benzene rings is 1. The molecule has 0 spiro atoms. The summed E-state index contributed by atoms with van der Waals surface area (Å²) in [4.78, 5) is 0. The van der Waals surface area contributed by atoms with Gasteiger partial charge in [-0.05, 0) is 18.3 Å². The summed E-state index contributed by atoms with van der Waals surface area (Å²) < 4.78 is 0. The summed E-state index contributed by atoms with van der Waals surface area (Å²) in [5, 5.41) is 9.81. The van der Waals surface area contributed by atoms with Crippen molar-refractivity contribution in [2.75, 3.05) is 0 Å². The first kappa shape index (κ1) is 7.84. The van der Waals surface area contributed by atoms with Crippen LogP contribution < -0.4 is 0 Å². The topological polar surface area (TPSA) is 20.2 Å². The molecule has 0 aliphatic rings. The number of aromatic hydroxyl groups is 1. The van der Waals surface area contributed by atoms with Crippen molar-refractivity contribution in [1.29, 1.82) is 0 Å². The van der Waals surface area contributed by atoms with E-state index in [2.05, 4.69) is 9.24 Å². The molecule has 1 N–H and O–H groups in total. The molecule has 0 saturated heterocycles. The lowest BCUT2D eigenvalue weighted by atomic mass is 10.2. The molecule has 0 radical (unpaired) electrons. The Morgan fingerprint density at radius 3 is 2.60 bits per heavy atom. The molecule has 1 atom stereocenters. The first-order valence-corrected chi connectivity index (χ1v) is 4.11. The molecule has 3 heteroatoms. The third-order valence-electron chi connectivity index (χ3n) is 1.30. The van der Waals surface area contributed by atoms with Crippen LogP contribution in [0.15, 0.2) is 18.2 Å². The third kappa shape index (κ3) is 1.42. The van der Waals surface area contributed by atoms with Crippen LogP contribution >= 0.6 is 20.8 Å². The summed E-state index contributed by atoms with van der Waals surface area (Å²) in [6, 6.07) is 5.12. The normalized spacial score (nSPS) is 9.80. The van der Waals surface area contributed by atoms with E-state index in [0.717, 1.165) is 5.56 Å². The monoisotopic (exact) mass is 174 g/mol. The smallest absolute Gasteiger partial charge is 0.120 e. The van der Waals surface area contributed by atoms with Gasteiger partial charge in [-0.3, -0.25) is 0 Å². The number of phenolic OH excluding ortho intramolecular Hbond substituents is 1. The number of phenols is 1. The second-order valence-electron chi connectivity index (χ2n) is 1.94. The van der Waals surface area contributed by atoms with Crippen LogP contribution in [0.25, 0.3) is 0 Å². The third-order valence-corrected chi connectivity index (χ3v) is 2.06. The van der Waals surface area contributed by atoms with Gasteiger partial charge in [-0.15, -0.1) is 9.24 Å². The second-order valence-corrected chi connectivity index (χ2v) is 2.76. The molecule has 0 amide bonds. The average Bonchev–Trinajstić information content (AvgIpc) is 1.88. The SMILES string of the molecule is Oc1cccc(Cl)c1CP. The predicted molar refractivity (Wildman–Crippen MR) is 46.5 cm³/mol. The van der Waals surface area contributed by atoms with Crippen LogP contribution in [-0.4, -0.2) is 5.11 Å². The van der Waals surface area contributed by atoms with Gasteiger partial charge in [0, 0.05) is 10.6 Å². The van der Waals surface area contributed by atoms with Crippen molar-refractivity contribution in [3.63, 3.8) is 0 Å². The van der Waals surface area contributed by atoms with E-state index in [1.807, 2.05) is 0 Å². The van der Waals surface area contributed by atoms with Gasteiger partial charge in [-0.1, -0.05) is 17.7 Å². The van der Waals surface area contributed by atoms with E-state index in [9.17, 15) is 5.11 Å². The highest BCUT2D eigenvalue weighted by Crippen LogP contribution is 2.26. The lowest BCUT2D eigenvalue weighted by molar-refractivity contribution is 0.470. The number of halogens is 1. The average molecular weight is 175 g/mol. The molecule has 10 heavy (non-hydrogen) atoms. The van der Waals surface area contributed by atoms with Gasteiger partial charge in [0.2, 0.25) is 0 Å². The lowest BCUT2D eigenvalue weighted by Gasteiger charge is -2.01. The fourth-order valence-corrected chi connectivity index (χ4v) is 1.55. The fourth-order valence-electron chi connectivity index (χ4n) is 0.749. The van der Waals surface area contributed by atoms with E-state index in [-0.39, 0.29) is 5.75 Å². The van der Waals surface area contributed by atoms with Crippen molar-refractivity contribution in [1.82, 2.24) is 0 Å². The first-order chi connectivity index (χ1) is 4.75. The largest absolute Gasteiger partial charge is 0.508 e. The van der Waals surface area contributed by atoms with Gasteiger partial charge in [0.05, 0.1) is 0 Å². The zero-order valence-corrected chi connectivity index (χ0v) is 7.25. The lowest BCUT2D eigenvalue weighted by Crippen LogP contribution is -1.79. The molecule has 1 aromatic rings. The molecule has 1 rings (SSSR count). The van der Waals surface area contributed by atoms with Crippen LogP contribution in [0.1, 0.15) is 5.56 Å². The van der Waals surface area contributed by atoms with Gasteiger partial charge in [-0.2, -0.15) is 0 Å². The summed E-state index contributed by atoms with van der Waals surface area (Å²) in [5.41, 5.74) is 0.786. The van der Waals surface area contributed by atoms with Gasteiger partial charge in [0.1, 0.15) is 5.75 Å². The van der Waals surface area contributed by atoms with Crippen molar-refractivity contribution < 1.29 is 5.11 Å². The Bertz CT molecular complexity index is 217. The van der Waals surface area contributed by atoms with Crippen LogP contribution in [0, 0.1) is 0 Å². The Hall–Kier alpha value is -0.260. The van der Waals surface area contributed by atoms with Crippen LogP contribution in [-0.2, 0) is 6.16 Å². The minimum atomic E-state index is 0.266. The molecule has 0 aromatic heterocycles. The molecule has 0 bridgehead atoms. The highest BCUT2D eigenvalue weighted by molar-refractivity contribution is 7.15. The van der Waals surface area contributed by atoms with Crippen LogP contribution in [0.3, 0.4) is 0 Å². The number of hydrogen-bond donors (Lipinski definition) is 1. The zero-order valence-electron chi connectivity index (χ0n) is 5.34. The molecule has 0 aliphatic heterocycles. The highest BCUT2D eigenvalue weighted by Gasteiger charge is 2.01. The fraction of sp³-hybridized carbons (Fsp3) is 0.143. The maximum atomic E-state index is 9.19. The standard InChI is InChI=1S/C7H8ClOP/c8-6-2-1-3-7(9)5(6)4-10/h1-3,9H,4,10H2. The molecule has 0 aliphatic carbocycles. The highest BCUT2D eigenvalue weighted by atomic mass is 35.5. The van der Waals surface area contributed by atoms with Gasteiger partial charge in [0.15, 0.2) is 0 Å². The van der Waals surface area contributed by atoms with Crippen LogP contribution in [0.4, 0.5) is 0 Å². The van der Waals surface area contributed by atoms with Gasteiger partial charge in [-0.25, -0.2) is 0 Å². The van der Waals surface area contributed by atoms with E-state index in [4.69, 9.17) is 11.6 Å². The van der Waals surface area contributed by atoms with Crippen molar-refractivity contribution in [3.8, 4) is 5.75 Å². The number of hydrogen-bond acceptors (Lipinski definition) is 1. The van der Waals surface area contributed by atoms with E-state index in [0.29, 0.717) is 11.2 Å². The van der Waals surface area contributed by atoms with Crippen molar-refractivity contribution in [2.24, 2.45) is 0 Å². The molecular formula is C7H8ClOP. The van der Waals surface area contributed by atoms with Gasteiger partial charge in [0.25, 0.3) is 0 Å². The predicted octanol–water partition coefficient (Wildman–Crippen LogP) is 2.42. The van der Waals surface area contributed by atoms with Crippen LogP contribution in [0.2, 0.25) is 5.02 Å². The van der Waals surface area contributed by atoms with E-state index >= 15 is 0 Å². The maximum absolute atomic E-state index is 9.19. The van der Waals surface area contributed by atoms with Gasteiger partial charge < -0.3 is 5.11 Å². The zero-order chi connectivity index (χ0) is 7.56. The Morgan fingerprint density at radius 2 is 2.20 bits per heavy atom. The molecule has 1 unspecified atom stereocenters. The Morgan fingerprint density at radius 1 is 1.50 bits per heavy atom. The molecule has 54 valence electrons. The Balaban J connectivity index is 3.17. The maximum Gasteiger partial charge on any atom is 0.120 e.